The molecule has 2 aromatic rings. The van der Waals surface area contributed by atoms with Gasteiger partial charge in [0.25, 0.3) is 5.56 Å². The minimum Gasteiger partial charge on any atom is -0.387 e. The number of anilines is 1. The smallest absolute Gasteiger partial charge is 0.387 e. The number of hydrogen-bond donors (Lipinski definition) is 8. The molecule has 9 N–H and O–H groups in total. The summed E-state index contributed by atoms with van der Waals surface area (Å²) in [5.74, 6) is -1.18. The van der Waals surface area contributed by atoms with E-state index >= 15 is 0 Å². The van der Waals surface area contributed by atoms with Crippen LogP contribution in [-0.4, -0.2) is 79.8 Å². The number of aromatic amines is 1. The van der Waals surface area contributed by atoms with E-state index in [2.05, 4.69) is 43.1 Å². The van der Waals surface area contributed by atoms with Crippen molar-refractivity contribution in [3.05, 3.63) is 16.7 Å². The summed E-state index contributed by atoms with van der Waals surface area (Å²) >= 11 is 0. The molecule has 32 heavy (non-hydrogen) atoms. The van der Waals surface area contributed by atoms with Gasteiger partial charge in [0.1, 0.15) is 19.6 Å². The number of nitrogen functional groups attached to an aromatic ring is 1. The first-order chi connectivity index (χ1) is 20.7. The minimum absolute atomic E-state index is 0.167. The topological polar surface area (TPSA) is 299 Å². The number of ether oxygens (including phenoxy) is 1. The van der Waals surface area contributed by atoms with Gasteiger partial charge in [0.2, 0.25) is 11.7 Å². The van der Waals surface area contributed by atoms with Crippen molar-refractivity contribution in [3.63, 3.8) is 0 Å². The average Bonchev–Trinajstić information content (AvgIpc) is 3.34. The first-order valence-electron chi connectivity index (χ1n) is 13.7. The number of H-pyrrole nitrogens is 1. The van der Waals surface area contributed by atoms with Crippen LogP contribution in [0.15, 0.2) is 11.1 Å². The number of nitrogens with zero attached hydrogens (tertiary/aromatic N) is 3. The molecule has 19 nitrogen and oxygen atoms in total. The van der Waals surface area contributed by atoms with Gasteiger partial charge in [-0.25, -0.2) is 18.7 Å². The maximum Gasteiger partial charge on any atom is 0.490 e. The molecule has 3 rings (SSSR count). The number of aliphatic hydroxyl groups is 2. The van der Waals surface area contributed by atoms with Crippen LogP contribution in [0.1, 0.15) is 15.8 Å². The van der Waals surface area contributed by atoms with Gasteiger partial charge in [-0.2, -0.15) is 13.6 Å². The Kier molecular flexibility index (Phi) is 3.31. The molecule has 22 heteroatoms. The molecule has 0 aromatic carbocycles. The van der Waals surface area contributed by atoms with Crippen LogP contribution in [0.4, 0.5) is 5.95 Å². The van der Waals surface area contributed by atoms with Gasteiger partial charge in [0, 0.05) is 0 Å². The molecule has 0 radical (unpaired) electrons. The Hall–Kier alpha value is -1.56. The number of phosphoric ester groups is 1. The second-order valence-corrected chi connectivity index (χ2v) is 9.44. The molecule has 2 aromatic heterocycles. The third kappa shape index (κ3) is 5.67. The van der Waals surface area contributed by atoms with Crippen molar-refractivity contribution in [2.45, 2.75) is 24.4 Å². The molecule has 3 heterocycles. The molecule has 0 aliphatic carbocycles. The van der Waals surface area contributed by atoms with Crippen LogP contribution in [0, 0.1) is 0 Å². The van der Waals surface area contributed by atoms with E-state index in [-0.39, 0.29) is 9.54 Å². The van der Waals surface area contributed by atoms with Crippen LogP contribution in [0.3, 0.4) is 0 Å². The summed E-state index contributed by atoms with van der Waals surface area (Å²) in [6.45, 7) is -4.61. The van der Waals surface area contributed by atoms with E-state index in [0.717, 1.165) is 0 Å². The van der Waals surface area contributed by atoms with Crippen LogP contribution in [0.5, 0.6) is 0 Å². The molecular weight excluding hydrogens is 512 g/mol. The van der Waals surface area contributed by atoms with Gasteiger partial charge in [-0.15, -0.1) is 0 Å². The van der Waals surface area contributed by atoms with Gasteiger partial charge < -0.3 is 40.3 Å². The molecule has 7 atom stereocenters. The molecule has 1 fully saturated rings. The number of phosphoric acid groups is 3. The maximum atomic E-state index is 12.8. The van der Waals surface area contributed by atoms with E-state index in [1.54, 1.807) is 0 Å². The van der Waals surface area contributed by atoms with Crippen LogP contribution in [0.2, 0.25) is 4.24 Å². The molecule has 1 saturated heterocycles. The van der Waals surface area contributed by atoms with E-state index < -0.39 is 89.2 Å². The molecule has 180 valence electrons. The first kappa shape index (κ1) is 12.2. The summed E-state index contributed by atoms with van der Waals surface area (Å²) in [5.41, 5.74) is -4.16. The number of fused-ring (bicyclic) bond motifs is 1. The molecule has 0 spiro atoms. The third-order valence-electron chi connectivity index (χ3n) is 2.96. The van der Waals surface area contributed by atoms with Gasteiger partial charge in [0.05, 0.1) is 21.1 Å². The number of rotatable bonds is 13. The summed E-state index contributed by atoms with van der Waals surface area (Å²) in [6, 6.07) is 0. The molecule has 1 aliphatic rings. The number of nitrogens with one attached hydrogen (secondary N) is 1. The molecule has 0 bridgehead atoms. The van der Waals surface area contributed by atoms with Crippen molar-refractivity contribution in [1.82, 2.24) is 19.5 Å². The Labute approximate surface area is 196 Å². The van der Waals surface area contributed by atoms with E-state index in [0.29, 0.717) is 0 Å². The molecule has 0 amide bonds. The van der Waals surface area contributed by atoms with Gasteiger partial charge in [0.15, 0.2) is 21.6 Å². The largest absolute Gasteiger partial charge is 0.490 e. The fourth-order valence-corrected chi connectivity index (χ4v) is 4.71. The van der Waals surface area contributed by atoms with Gasteiger partial charge >= 0.3 is 23.5 Å². The van der Waals surface area contributed by atoms with E-state index in [4.69, 9.17) is 29.2 Å². The number of imidazole rings is 1. The average molecular weight is 542 g/mol. The summed E-state index contributed by atoms with van der Waals surface area (Å²) in [5, 5.41) is 8.06. The SMILES string of the molecule is [2H]OC1([2H])[C@]([2H])([15n]2c([2H])[15n]c3c(=O)[15n]([2H])c([15N]([2H])[2H])[15n]c32)O[C@]([2H])(C([2H])([2H])OP(=O)(O[2H])OP(=O)(O)OP(=O)(O)O[2H])[C@@]1([2H])O[2H]. The highest BCUT2D eigenvalue weighted by atomic mass is 31.3. The summed E-state index contributed by atoms with van der Waals surface area (Å²) in [6.07, 6.45) is -18.5. The molecular formula is C10H16N5O14P3. The minimum atomic E-state index is -6.42. The third-order valence-corrected chi connectivity index (χ3v) is 6.55. The quantitative estimate of drug-likeness (QED) is 0.0971. The van der Waals surface area contributed by atoms with E-state index in [9.17, 15) is 23.4 Å². The van der Waals surface area contributed by atoms with Gasteiger partial charge in [-0.3, -0.25) is 18.9 Å². The van der Waals surface area contributed by atoms with Crippen LogP contribution >= 0.6 is 23.5 Å². The summed E-state index contributed by atoms with van der Waals surface area (Å²) < 4.78 is 161. The van der Waals surface area contributed by atoms with Crippen molar-refractivity contribution in [2.75, 3.05) is 12.3 Å². The second-order valence-electron chi connectivity index (χ2n) is 5.18. The highest BCUT2D eigenvalue weighted by Crippen LogP contribution is 2.66. The lowest BCUT2D eigenvalue weighted by Gasteiger charge is -2.19. The van der Waals surface area contributed by atoms with Gasteiger partial charge in [-0.05, 0) is 0 Å². The predicted octanol–water partition coefficient (Wildman–Crippen LogP) is -2.34. The molecule has 0 saturated carbocycles. The Morgan fingerprint density at radius 2 is 2.16 bits per heavy atom. The van der Waals surface area contributed by atoms with Gasteiger partial charge in [-0.1, -0.05) is 0 Å². The lowest BCUT2D eigenvalue weighted by atomic mass is 10.1. The highest BCUT2D eigenvalue weighted by molar-refractivity contribution is 7.66. The summed E-state index contributed by atoms with van der Waals surface area (Å²) in [7, 11) is -18.5. The van der Waals surface area contributed by atoms with E-state index in [1.807, 2.05) is 0 Å². The second kappa shape index (κ2) is 8.66. The lowest BCUT2D eigenvalue weighted by molar-refractivity contribution is -0.0503. The van der Waals surface area contributed by atoms with Crippen molar-refractivity contribution in [3.8, 4) is 0 Å². The number of aromatic nitrogens is 4. The number of hydrogen-bond acceptors (Lipinski definition) is 15. The monoisotopic (exact) mass is 542 g/mol. The summed E-state index contributed by atoms with van der Waals surface area (Å²) in [4.78, 5) is 44.5. The van der Waals surface area contributed by atoms with Crippen molar-refractivity contribution >= 4 is 40.6 Å². The highest BCUT2D eigenvalue weighted by Gasteiger charge is 2.47. The maximum absolute atomic E-state index is 12.8. The fourth-order valence-electron chi connectivity index (χ4n) is 1.94. The first-order valence-corrected chi connectivity index (χ1v) is 11.6. The van der Waals surface area contributed by atoms with E-state index in [1.165, 1.54) is 0 Å². The lowest BCUT2D eigenvalue weighted by Crippen LogP contribution is -2.33. The Bertz CT molecular complexity index is 1740. The van der Waals surface area contributed by atoms with Crippen molar-refractivity contribution in [1.29, 1.82) is 5.72 Å². The van der Waals surface area contributed by atoms with Crippen LogP contribution < -0.4 is 11.3 Å². The zero-order valence-electron chi connectivity index (χ0n) is 28.4. The fraction of sp³-hybridized carbons (Fsp3) is 0.500. The van der Waals surface area contributed by atoms with Crippen LogP contribution in [-0.2, 0) is 31.6 Å². The zero-order valence-corrected chi connectivity index (χ0v) is 17.1. The van der Waals surface area contributed by atoms with Crippen molar-refractivity contribution < 1.29 is 75.2 Å². The van der Waals surface area contributed by atoms with Crippen LogP contribution in [0.25, 0.3) is 11.2 Å². The molecule has 1 aliphatic heterocycles. The standard InChI is InChI=1S/C10H16N5O14P3/c11-10-13-7-4(8(18)14-10)12-2-15(7)9-6(17)5(16)3(27-9)1-26-31(22,23)29-32(24,25)28-30(19,20)21/h2-3,5-6,9,16-17H,1H2,(H,22,23)(H,24,25)(H2,19,20,21)(H3,11,13,14,18)/t3-,5-,6?,9-/m1/s1/i1D2,2D,3D,5D,6D,9D,11+1,12+1,13+1,14+1,15+1,16D,17D/hD5. The molecule has 4 unspecified atom stereocenters. The Balaban J connectivity index is 2.28. The Morgan fingerprint density at radius 3 is 2.81 bits per heavy atom. The normalized spacial score (nSPS) is 45.1. The Morgan fingerprint density at radius 1 is 1.38 bits per heavy atom. The number of nitrogens with two attached hydrogens (primary N) is 1. The predicted molar refractivity (Wildman–Crippen MR) is 98.3 cm³/mol. The van der Waals surface area contributed by atoms with Crippen molar-refractivity contribution in [2.24, 2.45) is 0 Å². The zero-order chi connectivity index (χ0) is 35.7.